The molecule has 0 aliphatic carbocycles. The average Bonchev–Trinajstić information content (AvgIpc) is 2.78. The molecule has 1 rings (SSSR count). The van der Waals surface area contributed by atoms with Gasteiger partial charge in [0, 0.05) is 18.5 Å². The second kappa shape index (κ2) is 14.5. The highest BCUT2D eigenvalue weighted by Crippen LogP contribution is 2.31. The Kier molecular flexibility index (Phi) is 12.4. The Labute approximate surface area is 231 Å². The van der Waals surface area contributed by atoms with E-state index >= 15 is 0 Å². The summed E-state index contributed by atoms with van der Waals surface area (Å²) in [6.45, 7) is 14.2. The molecule has 0 fully saturated rings. The average molecular weight is 549 g/mol. The zero-order chi connectivity index (χ0) is 30.0. The van der Waals surface area contributed by atoms with Gasteiger partial charge in [0.1, 0.15) is 17.7 Å². The first-order valence-corrected chi connectivity index (χ1v) is 13.1. The van der Waals surface area contributed by atoms with Crippen LogP contribution in [-0.4, -0.2) is 65.0 Å². The van der Waals surface area contributed by atoms with Crippen molar-refractivity contribution in [1.29, 1.82) is 0 Å². The smallest absolute Gasteiger partial charge is 0.408 e. The zero-order valence-corrected chi connectivity index (χ0v) is 24.4. The van der Waals surface area contributed by atoms with Crippen LogP contribution in [0.5, 0.6) is 0 Å². The number of alkyl carbamates (subject to hydrolysis) is 1. The lowest BCUT2D eigenvalue weighted by atomic mass is 9.94. The molecule has 0 radical (unpaired) electrons. The number of rotatable bonds is 12. The van der Waals surface area contributed by atoms with E-state index < -0.39 is 53.0 Å². The van der Waals surface area contributed by atoms with E-state index in [1.807, 2.05) is 19.1 Å². The third-order valence-corrected chi connectivity index (χ3v) is 5.46. The third kappa shape index (κ3) is 11.7. The van der Waals surface area contributed by atoms with Gasteiger partial charge >= 0.3 is 12.1 Å². The topological polar surface area (TPSA) is 157 Å². The Morgan fingerprint density at radius 1 is 0.974 bits per heavy atom. The summed E-state index contributed by atoms with van der Waals surface area (Å²) in [5, 5.41) is 5.29. The summed E-state index contributed by atoms with van der Waals surface area (Å²) in [6.07, 6.45) is -1.15. The van der Waals surface area contributed by atoms with Gasteiger partial charge in [0.15, 0.2) is 0 Å². The quantitative estimate of drug-likeness (QED) is 0.339. The normalized spacial score (nSPS) is 13.0. The SMILES string of the molecule is CCOC(=O)CCNC(=O)C(c1ccc(C)cc1)N(C(=O)C(CCC(N)=O)NC(=O)OC(C)(C)C)C(C)(C)C. The molecule has 0 aromatic heterocycles. The fourth-order valence-electron chi connectivity index (χ4n) is 3.79. The second-order valence-electron chi connectivity index (χ2n) is 11.2. The van der Waals surface area contributed by atoms with E-state index in [1.165, 1.54) is 4.90 Å². The maximum Gasteiger partial charge on any atom is 0.408 e. The molecule has 4 N–H and O–H groups in total. The molecule has 0 heterocycles. The Bertz CT molecular complexity index is 1010. The zero-order valence-electron chi connectivity index (χ0n) is 24.4. The van der Waals surface area contributed by atoms with Crippen molar-refractivity contribution in [1.82, 2.24) is 15.5 Å². The first-order valence-electron chi connectivity index (χ1n) is 13.1. The first-order chi connectivity index (χ1) is 18.0. The summed E-state index contributed by atoms with van der Waals surface area (Å²) in [7, 11) is 0. The number of carbonyl (C=O) groups excluding carboxylic acids is 5. The summed E-state index contributed by atoms with van der Waals surface area (Å²) in [6, 6.07) is 4.82. The van der Waals surface area contributed by atoms with Crippen LogP contribution in [-0.2, 0) is 28.7 Å². The van der Waals surface area contributed by atoms with Gasteiger partial charge in [-0.05, 0) is 67.4 Å². The van der Waals surface area contributed by atoms with Crippen molar-refractivity contribution in [3.05, 3.63) is 35.4 Å². The van der Waals surface area contributed by atoms with Crippen LogP contribution in [0.4, 0.5) is 4.79 Å². The van der Waals surface area contributed by atoms with Crippen molar-refractivity contribution in [3.63, 3.8) is 0 Å². The van der Waals surface area contributed by atoms with E-state index in [4.69, 9.17) is 15.2 Å². The lowest BCUT2D eigenvalue weighted by molar-refractivity contribution is -0.149. The summed E-state index contributed by atoms with van der Waals surface area (Å²) < 4.78 is 10.3. The molecule has 0 saturated heterocycles. The van der Waals surface area contributed by atoms with Crippen LogP contribution >= 0.6 is 0 Å². The highest BCUT2D eigenvalue weighted by atomic mass is 16.6. The first kappa shape index (κ1) is 33.4. The molecule has 0 bridgehead atoms. The molecule has 2 unspecified atom stereocenters. The van der Waals surface area contributed by atoms with Crippen LogP contribution in [0.25, 0.3) is 0 Å². The minimum absolute atomic E-state index is 0.00740. The summed E-state index contributed by atoms with van der Waals surface area (Å²) >= 11 is 0. The largest absolute Gasteiger partial charge is 0.466 e. The number of aryl methyl sites for hydroxylation is 1. The number of nitrogens with two attached hydrogens (primary N) is 1. The van der Waals surface area contributed by atoms with Crippen molar-refractivity contribution in [2.75, 3.05) is 13.2 Å². The molecular formula is C28H44N4O7. The van der Waals surface area contributed by atoms with Gasteiger partial charge in [-0.2, -0.15) is 0 Å². The molecule has 1 aromatic carbocycles. The van der Waals surface area contributed by atoms with Crippen molar-refractivity contribution in [2.24, 2.45) is 5.73 Å². The number of hydrogen-bond acceptors (Lipinski definition) is 7. The fourth-order valence-corrected chi connectivity index (χ4v) is 3.79. The van der Waals surface area contributed by atoms with E-state index in [1.54, 1.807) is 60.6 Å². The monoisotopic (exact) mass is 548 g/mol. The van der Waals surface area contributed by atoms with Gasteiger partial charge in [-0.25, -0.2) is 4.79 Å². The van der Waals surface area contributed by atoms with E-state index in [2.05, 4.69) is 10.6 Å². The molecule has 0 aliphatic rings. The number of primary amides is 1. The Balaban J connectivity index is 3.48. The molecule has 11 nitrogen and oxygen atoms in total. The van der Waals surface area contributed by atoms with Gasteiger partial charge in [-0.15, -0.1) is 0 Å². The number of carbonyl (C=O) groups is 5. The molecule has 39 heavy (non-hydrogen) atoms. The summed E-state index contributed by atoms with van der Waals surface area (Å²) in [5.74, 6) is -2.22. The predicted molar refractivity (Wildman–Crippen MR) is 146 cm³/mol. The Morgan fingerprint density at radius 3 is 2.05 bits per heavy atom. The van der Waals surface area contributed by atoms with Gasteiger partial charge < -0.3 is 30.7 Å². The van der Waals surface area contributed by atoms with Crippen LogP contribution in [0, 0.1) is 6.92 Å². The summed E-state index contributed by atoms with van der Waals surface area (Å²) in [4.78, 5) is 65.1. The number of esters is 1. The van der Waals surface area contributed by atoms with Crippen molar-refractivity contribution >= 4 is 29.8 Å². The van der Waals surface area contributed by atoms with Gasteiger partial charge in [-0.1, -0.05) is 29.8 Å². The lowest BCUT2D eigenvalue weighted by Crippen LogP contribution is -2.58. The third-order valence-electron chi connectivity index (χ3n) is 5.46. The molecule has 0 saturated carbocycles. The fraction of sp³-hybridized carbons (Fsp3) is 0.607. The maximum absolute atomic E-state index is 14.1. The van der Waals surface area contributed by atoms with E-state index in [0.717, 1.165) is 5.56 Å². The standard InChI is InChI=1S/C28H44N4O7/c1-9-38-22(34)16-17-30-24(35)23(19-12-10-18(2)11-13-19)32(27(3,4)5)25(36)20(14-15-21(29)33)31-26(37)39-28(6,7)8/h10-13,20,23H,9,14-17H2,1-8H3,(H2,29,33)(H,30,35)(H,31,37). The van der Waals surface area contributed by atoms with Gasteiger partial charge in [0.25, 0.3) is 0 Å². The highest BCUT2D eigenvalue weighted by Gasteiger charge is 2.41. The van der Waals surface area contributed by atoms with E-state index in [-0.39, 0.29) is 32.4 Å². The number of benzene rings is 1. The lowest BCUT2D eigenvalue weighted by Gasteiger charge is -2.43. The van der Waals surface area contributed by atoms with Crippen molar-refractivity contribution in [3.8, 4) is 0 Å². The molecule has 11 heteroatoms. The number of hydrogen-bond donors (Lipinski definition) is 3. The number of ether oxygens (including phenoxy) is 2. The number of nitrogens with zero attached hydrogens (tertiary/aromatic N) is 1. The van der Waals surface area contributed by atoms with Gasteiger partial charge in [0.2, 0.25) is 17.7 Å². The van der Waals surface area contributed by atoms with Crippen molar-refractivity contribution < 1.29 is 33.4 Å². The molecule has 2 atom stereocenters. The van der Waals surface area contributed by atoms with Gasteiger partial charge in [0.05, 0.1) is 13.0 Å². The van der Waals surface area contributed by atoms with Crippen LogP contribution in [0.1, 0.15) is 84.9 Å². The van der Waals surface area contributed by atoms with E-state index in [9.17, 15) is 24.0 Å². The Morgan fingerprint density at radius 2 is 1.56 bits per heavy atom. The van der Waals surface area contributed by atoms with Crippen molar-refractivity contribution in [2.45, 2.75) is 97.9 Å². The molecule has 1 aromatic rings. The predicted octanol–water partition coefficient (Wildman–Crippen LogP) is 2.89. The van der Waals surface area contributed by atoms with Crippen LogP contribution in [0.15, 0.2) is 24.3 Å². The van der Waals surface area contributed by atoms with Gasteiger partial charge in [-0.3, -0.25) is 19.2 Å². The molecule has 0 aliphatic heterocycles. The Hall–Kier alpha value is -3.63. The van der Waals surface area contributed by atoms with E-state index in [0.29, 0.717) is 5.56 Å². The minimum atomic E-state index is -1.20. The molecule has 218 valence electrons. The number of amides is 4. The molecule has 0 spiro atoms. The van der Waals surface area contributed by atoms with Crippen LogP contribution in [0.2, 0.25) is 0 Å². The highest BCUT2D eigenvalue weighted by molar-refractivity contribution is 5.93. The summed E-state index contributed by atoms with van der Waals surface area (Å²) in [5.41, 5.74) is 5.09. The molecular weight excluding hydrogens is 504 g/mol. The molecule has 4 amide bonds. The minimum Gasteiger partial charge on any atom is -0.466 e. The van der Waals surface area contributed by atoms with Crippen LogP contribution < -0.4 is 16.4 Å². The maximum atomic E-state index is 14.1. The second-order valence-corrected chi connectivity index (χ2v) is 11.2. The number of nitrogens with one attached hydrogen (secondary N) is 2. The van der Waals surface area contributed by atoms with Crippen LogP contribution in [0.3, 0.4) is 0 Å².